The Hall–Kier alpha value is -3.62. The van der Waals surface area contributed by atoms with E-state index >= 15 is 0 Å². The standard InChI is InChI=1S/C36H32NS/c1-21(2)17-24-11-14-28-23(4)36-33(22(3)30(28)18-24)35-34-29(15-16-37(35)5)31-19-26(25-9-7-6-8-10-25)12-13-27(31)20-32(34)38-36/h6-16,18-21H,17H2,1-5H3/q+1. The van der Waals surface area contributed by atoms with E-state index in [0.29, 0.717) is 5.92 Å². The number of aryl methyl sites for hydroxylation is 3. The lowest BCUT2D eigenvalue weighted by Gasteiger charge is -2.24. The second-order valence-electron chi connectivity index (χ2n) is 11.3. The van der Waals surface area contributed by atoms with Gasteiger partial charge in [-0.1, -0.05) is 86.3 Å². The third-order valence-corrected chi connectivity index (χ3v) is 9.49. The predicted octanol–water partition coefficient (Wildman–Crippen LogP) is 9.58. The van der Waals surface area contributed by atoms with Crippen LogP contribution >= 0.6 is 11.8 Å². The Balaban J connectivity index is 1.55. The molecule has 0 fully saturated rings. The van der Waals surface area contributed by atoms with Crippen molar-refractivity contribution in [2.24, 2.45) is 13.0 Å². The molecule has 7 rings (SSSR count). The first-order valence-electron chi connectivity index (χ1n) is 13.6. The van der Waals surface area contributed by atoms with E-state index in [1.807, 2.05) is 11.8 Å². The van der Waals surface area contributed by atoms with Crippen LogP contribution in [0.1, 0.15) is 30.5 Å². The maximum Gasteiger partial charge on any atom is 0.222 e. The summed E-state index contributed by atoms with van der Waals surface area (Å²) in [7, 11) is 2.21. The van der Waals surface area contributed by atoms with E-state index in [-0.39, 0.29) is 0 Å². The highest BCUT2D eigenvalue weighted by atomic mass is 32.2. The fourth-order valence-electron chi connectivity index (χ4n) is 6.41. The topological polar surface area (TPSA) is 3.88 Å². The molecule has 186 valence electrons. The monoisotopic (exact) mass is 510 g/mol. The third-order valence-electron chi connectivity index (χ3n) is 8.23. The average molecular weight is 511 g/mol. The van der Waals surface area contributed by atoms with E-state index in [4.69, 9.17) is 0 Å². The molecule has 0 saturated carbocycles. The van der Waals surface area contributed by atoms with Gasteiger partial charge in [-0.05, 0) is 87.7 Å². The zero-order valence-corrected chi connectivity index (χ0v) is 23.5. The molecule has 2 heterocycles. The lowest BCUT2D eigenvalue weighted by Crippen LogP contribution is -2.32. The number of fused-ring (bicyclic) bond motifs is 5. The van der Waals surface area contributed by atoms with Crippen molar-refractivity contribution in [1.82, 2.24) is 0 Å². The minimum atomic E-state index is 0.648. The van der Waals surface area contributed by atoms with Crippen LogP contribution in [0.4, 0.5) is 0 Å². The molecule has 0 radical (unpaired) electrons. The Morgan fingerprint density at radius 1 is 0.737 bits per heavy atom. The number of benzene rings is 5. The van der Waals surface area contributed by atoms with Crippen molar-refractivity contribution < 1.29 is 4.57 Å². The van der Waals surface area contributed by atoms with E-state index in [1.165, 1.54) is 81.2 Å². The SMILES string of the molecule is Cc1c2c(c(C)c3cc(CC(C)C)ccc13)-c1c3c(cc4ccc(-c5ccccc5)cc4c3cc[n+]1C)S2. The Morgan fingerprint density at radius 2 is 1.55 bits per heavy atom. The van der Waals surface area contributed by atoms with Crippen LogP contribution in [-0.2, 0) is 13.5 Å². The van der Waals surface area contributed by atoms with Crippen molar-refractivity contribution in [3.63, 3.8) is 0 Å². The van der Waals surface area contributed by atoms with Crippen LogP contribution in [0.5, 0.6) is 0 Å². The molecule has 0 saturated heterocycles. The number of pyridine rings is 1. The normalized spacial score (nSPS) is 12.6. The molecular weight excluding hydrogens is 478 g/mol. The van der Waals surface area contributed by atoms with E-state index in [9.17, 15) is 0 Å². The number of nitrogens with zero attached hydrogens (tertiary/aromatic N) is 1. The van der Waals surface area contributed by atoms with Gasteiger partial charge in [0.2, 0.25) is 5.69 Å². The highest BCUT2D eigenvalue weighted by Crippen LogP contribution is 2.52. The fraction of sp³-hybridized carbons (Fsp3) is 0.194. The summed E-state index contributed by atoms with van der Waals surface area (Å²) < 4.78 is 2.34. The van der Waals surface area contributed by atoms with Crippen molar-refractivity contribution in [3.05, 3.63) is 102 Å². The van der Waals surface area contributed by atoms with Crippen LogP contribution in [0.3, 0.4) is 0 Å². The Bertz CT molecular complexity index is 1910. The van der Waals surface area contributed by atoms with Gasteiger partial charge in [-0.15, -0.1) is 0 Å². The van der Waals surface area contributed by atoms with Gasteiger partial charge >= 0.3 is 0 Å². The largest absolute Gasteiger partial charge is 0.222 e. The molecule has 2 heteroatoms. The number of aromatic nitrogens is 1. The molecule has 1 aromatic heterocycles. The van der Waals surface area contributed by atoms with E-state index in [2.05, 4.69) is 124 Å². The molecular formula is C36H32NS+. The van der Waals surface area contributed by atoms with Gasteiger partial charge in [0.1, 0.15) is 7.05 Å². The summed E-state index contributed by atoms with van der Waals surface area (Å²) in [5.41, 5.74) is 9.49. The minimum absolute atomic E-state index is 0.648. The minimum Gasteiger partial charge on any atom is -0.200 e. The van der Waals surface area contributed by atoms with Gasteiger partial charge in [-0.25, -0.2) is 4.57 Å². The number of hydrogen-bond donors (Lipinski definition) is 0. The Kier molecular flexibility index (Phi) is 5.39. The van der Waals surface area contributed by atoms with Gasteiger partial charge < -0.3 is 0 Å². The summed E-state index contributed by atoms with van der Waals surface area (Å²) in [5.74, 6) is 0.648. The average Bonchev–Trinajstić information content (AvgIpc) is 2.92. The lowest BCUT2D eigenvalue weighted by atomic mass is 9.89. The molecule has 6 aromatic rings. The van der Waals surface area contributed by atoms with Crippen molar-refractivity contribution in [1.29, 1.82) is 0 Å². The lowest BCUT2D eigenvalue weighted by molar-refractivity contribution is -0.659. The first kappa shape index (κ1) is 23.5. The molecule has 38 heavy (non-hydrogen) atoms. The number of hydrogen-bond acceptors (Lipinski definition) is 1. The zero-order chi connectivity index (χ0) is 26.1. The summed E-state index contributed by atoms with van der Waals surface area (Å²) in [6.45, 7) is 9.25. The van der Waals surface area contributed by atoms with Crippen molar-refractivity contribution in [3.8, 4) is 22.4 Å². The highest BCUT2D eigenvalue weighted by molar-refractivity contribution is 8.00. The zero-order valence-electron chi connectivity index (χ0n) is 22.7. The maximum atomic E-state index is 2.45. The molecule has 0 N–H and O–H groups in total. The molecule has 1 aliphatic rings. The molecule has 1 nitrogen and oxygen atoms in total. The summed E-state index contributed by atoms with van der Waals surface area (Å²) in [4.78, 5) is 2.76. The van der Waals surface area contributed by atoms with Crippen LogP contribution in [0.2, 0.25) is 0 Å². The van der Waals surface area contributed by atoms with Gasteiger partial charge in [0, 0.05) is 21.2 Å². The Morgan fingerprint density at radius 3 is 2.34 bits per heavy atom. The van der Waals surface area contributed by atoms with Crippen molar-refractivity contribution in [2.45, 2.75) is 43.9 Å². The summed E-state index contributed by atoms with van der Waals surface area (Å²) in [5, 5.41) is 8.12. The van der Waals surface area contributed by atoms with E-state index < -0.39 is 0 Å². The molecule has 0 amide bonds. The van der Waals surface area contributed by atoms with E-state index in [1.54, 1.807) is 0 Å². The second kappa shape index (κ2) is 8.71. The molecule has 0 bridgehead atoms. The molecule has 5 aromatic carbocycles. The smallest absolute Gasteiger partial charge is 0.200 e. The molecule has 0 unspecified atom stereocenters. The van der Waals surface area contributed by atoms with Crippen molar-refractivity contribution in [2.75, 3.05) is 0 Å². The second-order valence-corrected chi connectivity index (χ2v) is 12.3. The molecule has 1 aliphatic heterocycles. The van der Waals surface area contributed by atoms with E-state index in [0.717, 1.165) is 6.42 Å². The quantitative estimate of drug-likeness (QED) is 0.169. The van der Waals surface area contributed by atoms with Crippen LogP contribution in [0, 0.1) is 19.8 Å². The van der Waals surface area contributed by atoms with Crippen LogP contribution in [0.15, 0.2) is 94.9 Å². The van der Waals surface area contributed by atoms with Crippen LogP contribution < -0.4 is 4.57 Å². The molecule has 0 aliphatic carbocycles. The first-order chi connectivity index (χ1) is 18.4. The Labute approximate surface area is 229 Å². The van der Waals surface area contributed by atoms with Crippen molar-refractivity contribution >= 4 is 44.1 Å². The summed E-state index contributed by atoms with van der Waals surface area (Å²) in [6, 6.07) is 29.5. The summed E-state index contributed by atoms with van der Waals surface area (Å²) in [6.07, 6.45) is 3.37. The summed E-state index contributed by atoms with van der Waals surface area (Å²) >= 11 is 1.96. The van der Waals surface area contributed by atoms with Gasteiger partial charge in [0.15, 0.2) is 6.20 Å². The highest BCUT2D eigenvalue weighted by Gasteiger charge is 2.31. The van der Waals surface area contributed by atoms with Crippen LogP contribution in [-0.4, -0.2) is 0 Å². The number of rotatable bonds is 3. The maximum absolute atomic E-state index is 2.45. The molecule has 0 atom stereocenters. The first-order valence-corrected chi connectivity index (χ1v) is 14.4. The predicted molar refractivity (Wildman–Crippen MR) is 163 cm³/mol. The van der Waals surface area contributed by atoms with Gasteiger partial charge in [0.25, 0.3) is 0 Å². The van der Waals surface area contributed by atoms with Gasteiger partial charge in [0.05, 0.1) is 10.9 Å². The fourth-order valence-corrected chi connectivity index (χ4v) is 7.74. The van der Waals surface area contributed by atoms with Gasteiger partial charge in [-0.3, -0.25) is 0 Å². The third kappa shape index (κ3) is 3.50. The van der Waals surface area contributed by atoms with Gasteiger partial charge in [-0.2, -0.15) is 0 Å². The van der Waals surface area contributed by atoms with Crippen LogP contribution in [0.25, 0.3) is 54.7 Å². The molecule has 0 spiro atoms.